The van der Waals surface area contributed by atoms with Crippen LogP contribution in [0.4, 0.5) is 5.69 Å². The van der Waals surface area contributed by atoms with Gasteiger partial charge in [0.15, 0.2) is 5.78 Å². The largest absolute Gasteiger partial charge is 0.493 e. The van der Waals surface area contributed by atoms with Crippen LogP contribution in [0, 0.1) is 0 Å². The number of amides is 2. The molecular formula is C26H23N3O4. The van der Waals surface area contributed by atoms with Gasteiger partial charge in [-0.1, -0.05) is 48.5 Å². The minimum absolute atomic E-state index is 0.163. The van der Waals surface area contributed by atoms with Gasteiger partial charge >= 0.3 is 0 Å². The molecule has 2 amide bonds. The van der Waals surface area contributed by atoms with Crippen LogP contribution >= 0.6 is 0 Å². The number of Topliss-reactive ketones (excluding diaryl/α,β-unsaturated/α-hetero) is 1. The second-order valence-corrected chi connectivity index (χ2v) is 7.45. The zero-order valence-corrected chi connectivity index (χ0v) is 18.3. The molecule has 1 atom stereocenters. The second-order valence-electron chi connectivity index (χ2n) is 7.45. The molecule has 7 heteroatoms. The Kier molecular flexibility index (Phi) is 6.31. The van der Waals surface area contributed by atoms with Gasteiger partial charge in [0, 0.05) is 16.7 Å². The maximum atomic E-state index is 13.2. The molecule has 0 radical (unpaired) electrons. The van der Waals surface area contributed by atoms with Crippen LogP contribution in [-0.4, -0.2) is 36.1 Å². The van der Waals surface area contributed by atoms with E-state index in [9.17, 15) is 14.4 Å². The van der Waals surface area contributed by atoms with Gasteiger partial charge in [-0.3, -0.25) is 14.4 Å². The molecule has 0 spiro atoms. The van der Waals surface area contributed by atoms with Crippen molar-refractivity contribution in [2.24, 2.45) is 4.99 Å². The third-order valence-electron chi connectivity index (χ3n) is 5.19. The number of para-hydroxylation sites is 1. The number of nitrogens with one attached hydrogen (secondary N) is 2. The Bertz CT molecular complexity index is 1250. The lowest BCUT2D eigenvalue weighted by molar-refractivity contribution is -0.117. The molecule has 1 unspecified atom stereocenters. The van der Waals surface area contributed by atoms with Crippen LogP contribution in [0.3, 0.4) is 0 Å². The second kappa shape index (κ2) is 9.48. The van der Waals surface area contributed by atoms with E-state index in [1.807, 2.05) is 48.5 Å². The molecule has 3 aromatic carbocycles. The Balaban J connectivity index is 1.74. The highest BCUT2D eigenvalue weighted by molar-refractivity contribution is 6.20. The van der Waals surface area contributed by atoms with Gasteiger partial charge in [0.05, 0.1) is 23.6 Å². The van der Waals surface area contributed by atoms with Crippen molar-refractivity contribution in [1.29, 1.82) is 0 Å². The molecule has 0 aliphatic carbocycles. The summed E-state index contributed by atoms with van der Waals surface area (Å²) in [6.07, 6.45) is -1.18. The van der Waals surface area contributed by atoms with Crippen molar-refractivity contribution in [2.75, 3.05) is 11.9 Å². The highest BCUT2D eigenvalue weighted by atomic mass is 16.5. The summed E-state index contributed by atoms with van der Waals surface area (Å²) in [5, 5.41) is 5.54. The number of ether oxygens (including phenoxy) is 1. The van der Waals surface area contributed by atoms with E-state index in [4.69, 9.17) is 4.74 Å². The van der Waals surface area contributed by atoms with Gasteiger partial charge in [-0.2, -0.15) is 0 Å². The van der Waals surface area contributed by atoms with E-state index in [0.717, 1.165) is 11.1 Å². The summed E-state index contributed by atoms with van der Waals surface area (Å²) in [5.41, 5.74) is 3.29. The van der Waals surface area contributed by atoms with Crippen LogP contribution in [0.2, 0.25) is 0 Å². The van der Waals surface area contributed by atoms with Crippen molar-refractivity contribution < 1.29 is 19.1 Å². The quantitative estimate of drug-likeness (QED) is 0.568. The first-order valence-electron chi connectivity index (χ1n) is 10.6. The number of aliphatic imine (C=N–C) groups is 1. The van der Waals surface area contributed by atoms with Crippen LogP contribution in [0.5, 0.6) is 5.75 Å². The van der Waals surface area contributed by atoms with Gasteiger partial charge in [0.1, 0.15) is 5.75 Å². The van der Waals surface area contributed by atoms with Gasteiger partial charge < -0.3 is 15.4 Å². The van der Waals surface area contributed by atoms with Crippen LogP contribution in [0.15, 0.2) is 77.8 Å². The third-order valence-corrected chi connectivity index (χ3v) is 5.19. The van der Waals surface area contributed by atoms with E-state index in [0.29, 0.717) is 29.3 Å². The molecule has 0 aromatic heterocycles. The minimum atomic E-state index is -1.18. The zero-order valence-electron chi connectivity index (χ0n) is 18.3. The molecule has 2 N–H and O–H groups in total. The van der Waals surface area contributed by atoms with Crippen LogP contribution < -0.4 is 15.4 Å². The monoisotopic (exact) mass is 441 g/mol. The fraction of sp³-hybridized carbons (Fsp3) is 0.154. The van der Waals surface area contributed by atoms with Crippen LogP contribution in [-0.2, 0) is 4.79 Å². The smallest absolute Gasteiger partial charge is 0.269 e. The molecule has 0 bridgehead atoms. The highest BCUT2D eigenvalue weighted by Crippen LogP contribution is 2.25. The van der Waals surface area contributed by atoms with Crippen molar-refractivity contribution in [3.63, 3.8) is 0 Å². The Hall–Kier alpha value is -4.26. The van der Waals surface area contributed by atoms with Crippen molar-refractivity contribution >= 4 is 29.0 Å². The zero-order chi connectivity index (χ0) is 23.4. The number of carbonyl (C=O) groups is 3. The van der Waals surface area contributed by atoms with Crippen molar-refractivity contribution in [2.45, 2.75) is 20.0 Å². The molecule has 7 nitrogen and oxygen atoms in total. The first kappa shape index (κ1) is 22.0. The summed E-state index contributed by atoms with van der Waals surface area (Å²) >= 11 is 0. The standard InChI is InChI=1S/C26H23N3O4/c1-3-33-22-14-13-18(16(2)30)15-20(22)25(31)29-24-26(32)27-21-12-8-7-11-19(21)23(28-24)17-9-5-4-6-10-17/h4-15,24H,3H2,1-2H3,(H,27,32)(H,29,31). The van der Waals surface area contributed by atoms with E-state index >= 15 is 0 Å². The summed E-state index contributed by atoms with van der Waals surface area (Å²) in [6.45, 7) is 3.56. The van der Waals surface area contributed by atoms with E-state index in [-0.39, 0.29) is 11.3 Å². The SMILES string of the molecule is CCOc1ccc(C(C)=O)cc1C(=O)NC1N=C(c2ccccc2)c2ccccc2NC1=O. The molecule has 0 fully saturated rings. The number of benzene rings is 3. The van der Waals surface area contributed by atoms with Gasteiger partial charge in [-0.05, 0) is 38.1 Å². The number of benzodiazepines with no additional fused rings is 1. The topological polar surface area (TPSA) is 96.9 Å². The van der Waals surface area contributed by atoms with Gasteiger partial charge in [0.25, 0.3) is 11.8 Å². The van der Waals surface area contributed by atoms with Gasteiger partial charge in [-0.15, -0.1) is 0 Å². The third kappa shape index (κ3) is 4.67. The summed E-state index contributed by atoms with van der Waals surface area (Å²) in [7, 11) is 0. The Labute approximate surface area is 191 Å². The maximum Gasteiger partial charge on any atom is 0.269 e. The minimum Gasteiger partial charge on any atom is -0.493 e. The van der Waals surface area contributed by atoms with Crippen molar-refractivity contribution in [3.05, 3.63) is 95.1 Å². The predicted molar refractivity (Wildman–Crippen MR) is 126 cm³/mol. The molecule has 1 aliphatic rings. The molecule has 33 heavy (non-hydrogen) atoms. The number of hydrogen-bond acceptors (Lipinski definition) is 5. The maximum absolute atomic E-state index is 13.2. The summed E-state index contributed by atoms with van der Waals surface area (Å²) in [5.74, 6) is -0.894. The number of nitrogens with zero attached hydrogens (tertiary/aromatic N) is 1. The molecule has 0 saturated heterocycles. The Morgan fingerprint density at radius 1 is 1.03 bits per heavy atom. The van der Waals surface area contributed by atoms with E-state index in [1.165, 1.54) is 13.0 Å². The number of rotatable bonds is 6. The molecular weight excluding hydrogens is 418 g/mol. The number of hydrogen-bond donors (Lipinski definition) is 2. The van der Waals surface area contributed by atoms with Crippen molar-refractivity contribution in [1.82, 2.24) is 5.32 Å². The number of ketones is 1. The van der Waals surface area contributed by atoms with Gasteiger partial charge in [-0.25, -0.2) is 4.99 Å². The fourth-order valence-corrected chi connectivity index (χ4v) is 3.59. The van der Waals surface area contributed by atoms with Crippen molar-refractivity contribution in [3.8, 4) is 5.75 Å². The summed E-state index contributed by atoms with van der Waals surface area (Å²) < 4.78 is 5.57. The van der Waals surface area contributed by atoms with E-state index in [1.54, 1.807) is 25.1 Å². The van der Waals surface area contributed by atoms with E-state index in [2.05, 4.69) is 15.6 Å². The molecule has 1 heterocycles. The predicted octanol–water partition coefficient (Wildman–Crippen LogP) is 3.83. The molecule has 4 rings (SSSR count). The number of carbonyl (C=O) groups excluding carboxylic acids is 3. The lowest BCUT2D eigenvalue weighted by Gasteiger charge is -2.16. The van der Waals surface area contributed by atoms with E-state index < -0.39 is 18.0 Å². The van der Waals surface area contributed by atoms with Gasteiger partial charge in [0.2, 0.25) is 6.17 Å². The summed E-state index contributed by atoms with van der Waals surface area (Å²) in [6, 6.07) is 21.5. The van der Waals surface area contributed by atoms with Crippen LogP contribution in [0.1, 0.15) is 45.7 Å². The lowest BCUT2D eigenvalue weighted by Crippen LogP contribution is -2.42. The number of anilines is 1. The molecule has 3 aromatic rings. The average Bonchev–Trinajstić information content (AvgIpc) is 2.96. The molecule has 1 aliphatic heterocycles. The Morgan fingerprint density at radius 2 is 1.76 bits per heavy atom. The lowest BCUT2D eigenvalue weighted by atomic mass is 10.0. The first-order valence-corrected chi connectivity index (χ1v) is 10.6. The van der Waals surface area contributed by atoms with Crippen LogP contribution in [0.25, 0.3) is 0 Å². The molecule has 166 valence electrons. The average molecular weight is 441 g/mol. The fourth-order valence-electron chi connectivity index (χ4n) is 3.59. The Morgan fingerprint density at radius 3 is 2.48 bits per heavy atom. The normalized spacial score (nSPS) is 14.9. The first-order chi connectivity index (χ1) is 16.0. The number of fused-ring (bicyclic) bond motifs is 1. The highest BCUT2D eigenvalue weighted by Gasteiger charge is 2.28. The molecule has 0 saturated carbocycles. The summed E-state index contributed by atoms with van der Waals surface area (Å²) in [4.78, 5) is 42.7.